The van der Waals surface area contributed by atoms with E-state index in [0.717, 1.165) is 16.3 Å². The molecule has 7 heteroatoms. The number of halogens is 1. The summed E-state index contributed by atoms with van der Waals surface area (Å²) < 4.78 is 22.7. The number of fused-ring (bicyclic) bond motifs is 1. The van der Waals surface area contributed by atoms with Crippen LogP contribution in [-0.4, -0.2) is 32.9 Å². The summed E-state index contributed by atoms with van der Waals surface area (Å²) in [6.45, 7) is 0.613. The van der Waals surface area contributed by atoms with Gasteiger partial charge in [-0.1, -0.05) is 23.7 Å². The molecular formula is C17H16ClNO3S2. The zero-order valence-corrected chi connectivity index (χ0v) is 15.4. The lowest BCUT2D eigenvalue weighted by molar-refractivity contribution is 0.0987. The van der Waals surface area contributed by atoms with Crippen LogP contribution in [0.4, 0.5) is 5.69 Å². The molecule has 0 N–H and O–H groups in total. The zero-order chi connectivity index (χ0) is 17.3. The number of hydrogen-bond acceptors (Lipinski definition) is 4. The van der Waals surface area contributed by atoms with Gasteiger partial charge in [-0.15, -0.1) is 11.8 Å². The van der Waals surface area contributed by atoms with Crippen molar-refractivity contribution < 1.29 is 13.2 Å². The number of rotatable bonds is 3. The van der Waals surface area contributed by atoms with Crippen LogP contribution in [0.25, 0.3) is 0 Å². The lowest BCUT2D eigenvalue weighted by Crippen LogP contribution is -2.35. The molecule has 1 aliphatic heterocycles. The van der Waals surface area contributed by atoms with E-state index in [1.165, 1.54) is 6.26 Å². The van der Waals surface area contributed by atoms with Crippen molar-refractivity contribution in [3.8, 4) is 0 Å². The Morgan fingerprint density at radius 2 is 1.92 bits per heavy atom. The molecule has 0 aliphatic carbocycles. The quantitative estimate of drug-likeness (QED) is 0.814. The van der Waals surface area contributed by atoms with Gasteiger partial charge in [-0.3, -0.25) is 4.79 Å². The highest BCUT2D eigenvalue weighted by Gasteiger charge is 2.24. The van der Waals surface area contributed by atoms with Crippen molar-refractivity contribution in [3.05, 3.63) is 58.6 Å². The molecule has 0 saturated carbocycles. The van der Waals surface area contributed by atoms with Crippen LogP contribution in [0.1, 0.15) is 15.9 Å². The maximum absolute atomic E-state index is 12.8. The summed E-state index contributed by atoms with van der Waals surface area (Å²) in [4.78, 5) is 15.6. The van der Waals surface area contributed by atoms with Gasteiger partial charge in [0, 0.05) is 34.0 Å². The van der Waals surface area contributed by atoms with Gasteiger partial charge in [0.05, 0.1) is 11.4 Å². The highest BCUT2D eigenvalue weighted by Crippen LogP contribution is 2.37. The number of carbonyl (C=O) groups excluding carboxylic acids is 1. The minimum absolute atomic E-state index is 0.0275. The summed E-state index contributed by atoms with van der Waals surface area (Å²) in [7, 11) is -3.09. The van der Waals surface area contributed by atoms with E-state index >= 15 is 0 Å². The fraction of sp³-hybridized carbons (Fsp3) is 0.235. The number of thioether (sulfide) groups is 1. The summed E-state index contributed by atoms with van der Waals surface area (Å²) in [6, 6.07) is 12.3. The lowest BCUT2D eigenvalue weighted by Gasteiger charge is -2.29. The molecule has 0 unspecified atom stereocenters. The molecule has 0 fully saturated rings. The minimum atomic E-state index is -3.09. The maximum Gasteiger partial charge on any atom is 0.258 e. The first kappa shape index (κ1) is 17.3. The smallest absolute Gasteiger partial charge is 0.258 e. The van der Waals surface area contributed by atoms with E-state index in [1.54, 1.807) is 47.0 Å². The van der Waals surface area contributed by atoms with Crippen molar-refractivity contribution in [3.63, 3.8) is 0 Å². The first-order chi connectivity index (χ1) is 11.3. The molecule has 0 aromatic heterocycles. The van der Waals surface area contributed by atoms with Crippen LogP contribution in [0.2, 0.25) is 5.02 Å². The van der Waals surface area contributed by atoms with Crippen LogP contribution >= 0.6 is 23.4 Å². The van der Waals surface area contributed by atoms with Gasteiger partial charge in [0.25, 0.3) is 5.91 Å². The van der Waals surface area contributed by atoms with Crippen LogP contribution in [0.5, 0.6) is 0 Å². The molecule has 2 aromatic rings. The number of hydrogen-bond donors (Lipinski definition) is 0. The van der Waals surface area contributed by atoms with Gasteiger partial charge >= 0.3 is 0 Å². The van der Waals surface area contributed by atoms with Gasteiger partial charge in [0.1, 0.15) is 0 Å². The number of nitrogens with zero attached hydrogens (tertiary/aromatic N) is 1. The Kier molecular flexibility index (Phi) is 4.90. The van der Waals surface area contributed by atoms with Crippen molar-refractivity contribution in [2.45, 2.75) is 10.6 Å². The van der Waals surface area contributed by atoms with Gasteiger partial charge in [-0.2, -0.15) is 0 Å². The van der Waals surface area contributed by atoms with Gasteiger partial charge in [0.2, 0.25) is 0 Å². The van der Waals surface area contributed by atoms with Crippen molar-refractivity contribution in [2.24, 2.45) is 0 Å². The number of benzene rings is 2. The molecule has 0 radical (unpaired) electrons. The van der Waals surface area contributed by atoms with Crippen molar-refractivity contribution >= 4 is 44.8 Å². The fourth-order valence-corrected chi connectivity index (χ4v) is 4.54. The van der Waals surface area contributed by atoms with Crippen molar-refractivity contribution in [1.29, 1.82) is 0 Å². The van der Waals surface area contributed by atoms with Crippen LogP contribution < -0.4 is 4.90 Å². The molecule has 0 saturated heterocycles. The first-order valence-electron chi connectivity index (χ1n) is 7.34. The molecular weight excluding hydrogens is 366 g/mol. The molecule has 24 heavy (non-hydrogen) atoms. The third-order valence-electron chi connectivity index (χ3n) is 3.66. The Balaban J connectivity index is 1.87. The highest BCUT2D eigenvalue weighted by molar-refractivity contribution is 7.99. The van der Waals surface area contributed by atoms with Gasteiger partial charge < -0.3 is 4.90 Å². The van der Waals surface area contributed by atoms with Crippen molar-refractivity contribution in [1.82, 2.24) is 0 Å². The summed E-state index contributed by atoms with van der Waals surface area (Å²) in [5.41, 5.74) is 2.03. The largest absolute Gasteiger partial charge is 0.306 e. The normalized spacial score (nSPS) is 14.3. The third-order valence-corrected chi connectivity index (χ3v) is 5.79. The average Bonchev–Trinajstić information content (AvgIpc) is 2.53. The molecule has 3 rings (SSSR count). The highest BCUT2D eigenvalue weighted by atomic mass is 35.5. The summed E-state index contributed by atoms with van der Waals surface area (Å²) in [6.07, 6.45) is 1.19. The molecule has 0 bridgehead atoms. The predicted molar refractivity (Wildman–Crippen MR) is 98.8 cm³/mol. The van der Waals surface area contributed by atoms with E-state index in [9.17, 15) is 13.2 Å². The summed E-state index contributed by atoms with van der Waals surface area (Å²) >= 11 is 7.77. The summed E-state index contributed by atoms with van der Waals surface area (Å²) in [5.74, 6) is 0.692. The second-order valence-electron chi connectivity index (χ2n) is 5.68. The van der Waals surface area contributed by atoms with E-state index < -0.39 is 9.84 Å². The Hall–Kier alpha value is -1.50. The molecule has 0 spiro atoms. The molecule has 1 amide bonds. The molecule has 0 atom stereocenters. The van der Waals surface area contributed by atoms with Crippen LogP contribution in [0, 0.1) is 0 Å². The number of amides is 1. The van der Waals surface area contributed by atoms with Crippen LogP contribution in [0.15, 0.2) is 47.4 Å². The van der Waals surface area contributed by atoms with Crippen LogP contribution in [0.3, 0.4) is 0 Å². The van der Waals surface area contributed by atoms with Gasteiger partial charge in [-0.05, 0) is 35.9 Å². The monoisotopic (exact) mass is 381 g/mol. The van der Waals surface area contributed by atoms with Gasteiger partial charge in [-0.25, -0.2) is 8.42 Å². The van der Waals surface area contributed by atoms with E-state index in [0.29, 0.717) is 22.7 Å². The predicted octanol–water partition coefficient (Wildman–Crippen LogP) is 3.64. The van der Waals surface area contributed by atoms with E-state index in [4.69, 9.17) is 11.6 Å². The number of anilines is 1. The van der Waals surface area contributed by atoms with Gasteiger partial charge in [0.15, 0.2) is 9.84 Å². The van der Waals surface area contributed by atoms with E-state index in [-0.39, 0.29) is 11.7 Å². The average molecular weight is 382 g/mol. The molecule has 1 heterocycles. The zero-order valence-electron chi connectivity index (χ0n) is 13.0. The summed E-state index contributed by atoms with van der Waals surface area (Å²) in [5, 5.41) is 0.595. The first-order valence-corrected chi connectivity index (χ1v) is 10.8. The maximum atomic E-state index is 12.8. The Morgan fingerprint density at radius 3 is 2.58 bits per heavy atom. The van der Waals surface area contributed by atoms with E-state index in [2.05, 4.69) is 0 Å². The SMILES string of the molecule is CS(=O)(=O)Cc1ccc(C(=O)N2CCSc3ccc(Cl)cc32)cc1. The Labute approximate surface area is 150 Å². The molecule has 2 aromatic carbocycles. The second kappa shape index (κ2) is 6.78. The number of carbonyl (C=O) groups is 1. The minimum Gasteiger partial charge on any atom is -0.306 e. The third kappa shape index (κ3) is 3.94. The van der Waals surface area contributed by atoms with Crippen LogP contribution in [-0.2, 0) is 15.6 Å². The molecule has 126 valence electrons. The lowest BCUT2D eigenvalue weighted by atomic mass is 10.1. The molecule has 4 nitrogen and oxygen atoms in total. The number of sulfone groups is 1. The Morgan fingerprint density at radius 1 is 1.21 bits per heavy atom. The topological polar surface area (TPSA) is 54.5 Å². The second-order valence-corrected chi connectivity index (χ2v) is 9.40. The fourth-order valence-electron chi connectivity index (χ4n) is 2.60. The molecule has 1 aliphatic rings. The standard InChI is InChI=1S/C17H16ClNO3S2/c1-24(21,22)11-12-2-4-13(5-3-12)17(20)19-8-9-23-16-7-6-14(18)10-15(16)19/h2-7,10H,8-9,11H2,1H3. The Bertz CT molecular complexity index is 879. The van der Waals surface area contributed by atoms with E-state index in [1.807, 2.05) is 12.1 Å². The van der Waals surface area contributed by atoms with Crippen molar-refractivity contribution in [2.75, 3.05) is 23.5 Å².